The number of carboxylic acids is 1. The Hall–Kier alpha value is -1.66. The molecule has 19 heavy (non-hydrogen) atoms. The van der Waals surface area contributed by atoms with Crippen LogP contribution in [0.15, 0.2) is 6.07 Å². The second-order valence-corrected chi connectivity index (χ2v) is 4.34. The lowest BCUT2D eigenvalue weighted by atomic mass is 10.1. The van der Waals surface area contributed by atoms with E-state index in [0.717, 1.165) is 5.69 Å². The highest BCUT2D eigenvalue weighted by molar-refractivity contribution is 5.95. The number of hydrogen-bond acceptors (Lipinski definition) is 5. The highest BCUT2D eigenvalue weighted by atomic mass is 16.5. The first-order valence-corrected chi connectivity index (χ1v) is 6.08. The second kappa shape index (κ2) is 7.06. The summed E-state index contributed by atoms with van der Waals surface area (Å²) in [6.07, 6.45) is 0. The van der Waals surface area contributed by atoms with Crippen LogP contribution in [-0.4, -0.2) is 54.6 Å². The van der Waals surface area contributed by atoms with E-state index >= 15 is 0 Å². The summed E-state index contributed by atoms with van der Waals surface area (Å²) in [5, 5.41) is 17.9. The van der Waals surface area contributed by atoms with E-state index < -0.39 is 5.97 Å². The maximum Gasteiger partial charge on any atom is 0.339 e. The monoisotopic (exact) mass is 268 g/mol. The summed E-state index contributed by atoms with van der Waals surface area (Å²) in [5.74, 6) is -0.541. The number of carboxylic acid groups (broad SMARTS) is 1. The third-order valence-corrected chi connectivity index (χ3v) is 2.71. The molecule has 1 aromatic heterocycles. The molecule has 6 heteroatoms. The Morgan fingerprint density at radius 2 is 2.11 bits per heavy atom. The molecule has 1 rings (SSSR count). The van der Waals surface area contributed by atoms with Crippen LogP contribution in [-0.2, 0) is 4.74 Å². The van der Waals surface area contributed by atoms with Gasteiger partial charge in [-0.25, -0.2) is 9.78 Å². The van der Waals surface area contributed by atoms with Crippen molar-refractivity contribution in [2.24, 2.45) is 0 Å². The van der Waals surface area contributed by atoms with Crippen LogP contribution in [0.1, 0.15) is 21.6 Å². The number of ether oxygens (including phenoxy) is 1. The number of aromatic carboxylic acids is 1. The highest BCUT2D eigenvalue weighted by Crippen LogP contribution is 2.21. The van der Waals surface area contributed by atoms with Gasteiger partial charge in [0.2, 0.25) is 0 Å². The number of anilines is 1. The Balaban J connectivity index is 2.88. The van der Waals surface area contributed by atoms with Crippen LogP contribution in [0.2, 0.25) is 0 Å². The summed E-state index contributed by atoms with van der Waals surface area (Å²) in [5.41, 5.74) is 1.69. The van der Waals surface area contributed by atoms with Gasteiger partial charge in [0, 0.05) is 19.3 Å². The molecular weight excluding hydrogens is 248 g/mol. The average Bonchev–Trinajstić information content (AvgIpc) is 2.32. The number of pyridine rings is 1. The lowest BCUT2D eigenvalue weighted by Crippen LogP contribution is -2.26. The molecule has 1 heterocycles. The number of aliphatic hydroxyl groups excluding tert-OH is 1. The molecule has 0 aliphatic heterocycles. The van der Waals surface area contributed by atoms with Crippen molar-refractivity contribution >= 4 is 11.8 Å². The predicted octanol–water partition coefficient (Wildman–Crippen LogP) is 0.842. The molecule has 6 nitrogen and oxygen atoms in total. The van der Waals surface area contributed by atoms with Gasteiger partial charge in [0.25, 0.3) is 0 Å². The first-order valence-electron chi connectivity index (χ1n) is 6.08. The lowest BCUT2D eigenvalue weighted by Gasteiger charge is -2.21. The van der Waals surface area contributed by atoms with Gasteiger partial charge in [0.1, 0.15) is 11.4 Å². The van der Waals surface area contributed by atoms with E-state index in [9.17, 15) is 9.90 Å². The fourth-order valence-electron chi connectivity index (χ4n) is 1.83. The Kier molecular flexibility index (Phi) is 5.72. The molecule has 0 saturated heterocycles. The molecule has 0 spiro atoms. The minimum atomic E-state index is -0.983. The summed E-state index contributed by atoms with van der Waals surface area (Å²) in [7, 11) is 1.77. The van der Waals surface area contributed by atoms with E-state index in [0.29, 0.717) is 24.5 Å². The average molecular weight is 268 g/mol. The van der Waals surface area contributed by atoms with Crippen molar-refractivity contribution in [2.45, 2.75) is 13.8 Å². The number of aromatic nitrogens is 1. The van der Waals surface area contributed by atoms with Crippen molar-refractivity contribution in [1.82, 2.24) is 4.98 Å². The highest BCUT2D eigenvalue weighted by Gasteiger charge is 2.18. The van der Waals surface area contributed by atoms with Gasteiger partial charge in [-0.05, 0) is 25.5 Å². The third-order valence-electron chi connectivity index (χ3n) is 2.71. The number of hydrogen-bond donors (Lipinski definition) is 2. The molecule has 0 unspecified atom stereocenters. The molecular formula is C13H20N2O4. The van der Waals surface area contributed by atoms with Crippen LogP contribution in [0, 0.1) is 13.8 Å². The molecule has 1 aromatic rings. The number of aryl methyl sites for hydroxylation is 2. The molecule has 0 saturated carbocycles. The zero-order valence-corrected chi connectivity index (χ0v) is 11.5. The van der Waals surface area contributed by atoms with Gasteiger partial charge < -0.3 is 19.8 Å². The number of likely N-dealkylation sites (N-methyl/N-ethyl adjacent to an activating group) is 1. The van der Waals surface area contributed by atoms with Gasteiger partial charge in [0.15, 0.2) is 0 Å². The van der Waals surface area contributed by atoms with Crippen molar-refractivity contribution in [3.05, 3.63) is 22.9 Å². The van der Waals surface area contributed by atoms with Gasteiger partial charge in [-0.2, -0.15) is 0 Å². The first-order chi connectivity index (χ1) is 8.97. The zero-order chi connectivity index (χ0) is 14.4. The SMILES string of the molecule is Cc1cc(C)c(C(=O)O)c(N(C)CCOCCO)n1. The first kappa shape index (κ1) is 15.4. The fourth-order valence-corrected chi connectivity index (χ4v) is 1.83. The Morgan fingerprint density at radius 3 is 2.68 bits per heavy atom. The maximum absolute atomic E-state index is 11.3. The number of carbonyl (C=O) groups is 1. The maximum atomic E-state index is 11.3. The standard InChI is InChI=1S/C13H20N2O4/c1-9-8-10(2)14-12(11(9)13(17)18)15(3)4-6-19-7-5-16/h8,16H,4-7H2,1-3H3,(H,17,18). The number of rotatable bonds is 7. The quantitative estimate of drug-likeness (QED) is 0.713. The molecule has 106 valence electrons. The van der Waals surface area contributed by atoms with Crippen LogP contribution < -0.4 is 4.90 Å². The second-order valence-electron chi connectivity index (χ2n) is 4.34. The summed E-state index contributed by atoms with van der Waals surface area (Å²) in [6, 6.07) is 1.75. The molecule has 0 aliphatic carbocycles. The Labute approximate surface area is 112 Å². The van der Waals surface area contributed by atoms with Gasteiger partial charge in [-0.15, -0.1) is 0 Å². The van der Waals surface area contributed by atoms with Crippen LogP contribution in [0.25, 0.3) is 0 Å². The number of aliphatic hydroxyl groups is 1. The minimum Gasteiger partial charge on any atom is -0.478 e. The van der Waals surface area contributed by atoms with E-state index in [4.69, 9.17) is 9.84 Å². The molecule has 0 aromatic carbocycles. The molecule has 2 N–H and O–H groups in total. The van der Waals surface area contributed by atoms with E-state index in [1.807, 2.05) is 6.92 Å². The lowest BCUT2D eigenvalue weighted by molar-refractivity contribution is 0.0696. The van der Waals surface area contributed by atoms with Crippen LogP contribution in [0.4, 0.5) is 5.82 Å². The van der Waals surface area contributed by atoms with Gasteiger partial charge in [0.05, 0.1) is 19.8 Å². The van der Waals surface area contributed by atoms with Crippen molar-refractivity contribution in [2.75, 3.05) is 38.3 Å². The van der Waals surface area contributed by atoms with Crippen LogP contribution in [0.5, 0.6) is 0 Å². The van der Waals surface area contributed by atoms with Gasteiger partial charge in [-0.1, -0.05) is 0 Å². The summed E-state index contributed by atoms with van der Waals surface area (Å²) in [4.78, 5) is 17.3. The Morgan fingerprint density at radius 1 is 1.42 bits per heavy atom. The fraction of sp³-hybridized carbons (Fsp3) is 0.538. The normalized spacial score (nSPS) is 10.5. The molecule has 0 radical (unpaired) electrons. The number of nitrogens with zero attached hydrogens (tertiary/aromatic N) is 2. The largest absolute Gasteiger partial charge is 0.478 e. The zero-order valence-electron chi connectivity index (χ0n) is 11.5. The van der Waals surface area contributed by atoms with Crippen molar-refractivity contribution in [1.29, 1.82) is 0 Å². The summed E-state index contributed by atoms with van der Waals surface area (Å²) >= 11 is 0. The topological polar surface area (TPSA) is 82.9 Å². The van der Waals surface area contributed by atoms with E-state index in [1.165, 1.54) is 0 Å². The van der Waals surface area contributed by atoms with E-state index in [2.05, 4.69) is 4.98 Å². The summed E-state index contributed by atoms with van der Waals surface area (Å²) in [6.45, 7) is 4.77. The molecule has 0 atom stereocenters. The smallest absolute Gasteiger partial charge is 0.339 e. The van der Waals surface area contributed by atoms with Crippen molar-refractivity contribution in [3.8, 4) is 0 Å². The molecule has 0 bridgehead atoms. The van der Waals surface area contributed by atoms with E-state index in [-0.39, 0.29) is 18.8 Å². The molecule has 0 fully saturated rings. The van der Waals surface area contributed by atoms with Crippen molar-refractivity contribution in [3.63, 3.8) is 0 Å². The van der Waals surface area contributed by atoms with Gasteiger partial charge >= 0.3 is 5.97 Å². The predicted molar refractivity (Wildman–Crippen MR) is 71.8 cm³/mol. The van der Waals surface area contributed by atoms with Crippen LogP contribution >= 0.6 is 0 Å². The Bertz CT molecular complexity index is 449. The minimum absolute atomic E-state index is 0.0219. The van der Waals surface area contributed by atoms with Gasteiger partial charge in [-0.3, -0.25) is 0 Å². The van der Waals surface area contributed by atoms with Crippen molar-refractivity contribution < 1.29 is 19.7 Å². The molecule has 0 amide bonds. The van der Waals surface area contributed by atoms with E-state index in [1.54, 1.807) is 24.9 Å². The third kappa shape index (κ3) is 4.18. The molecule has 0 aliphatic rings. The van der Waals surface area contributed by atoms with Crippen LogP contribution in [0.3, 0.4) is 0 Å². The summed E-state index contributed by atoms with van der Waals surface area (Å²) < 4.78 is 5.17.